The van der Waals surface area contributed by atoms with Gasteiger partial charge in [-0.05, 0) is 51.6 Å². The molecule has 1 atom stereocenters. The third-order valence-electron chi connectivity index (χ3n) is 3.46. The third-order valence-corrected chi connectivity index (χ3v) is 3.46. The average Bonchev–Trinajstić information content (AvgIpc) is 2.39. The summed E-state index contributed by atoms with van der Waals surface area (Å²) in [5, 5.41) is 6.35. The fourth-order valence-corrected chi connectivity index (χ4v) is 2.53. The van der Waals surface area contributed by atoms with Crippen LogP contribution in [0.1, 0.15) is 30.1 Å². The highest BCUT2D eigenvalue weighted by Gasteiger charge is 2.17. The zero-order valence-corrected chi connectivity index (χ0v) is 11.8. The number of hydrogen-bond donors (Lipinski definition) is 2. The summed E-state index contributed by atoms with van der Waals surface area (Å²) in [6.07, 6.45) is 2.42. The predicted octanol–water partition coefficient (Wildman–Crippen LogP) is 1.94. The number of carbonyl (C=O) groups is 1. The molecule has 1 saturated heterocycles. The van der Waals surface area contributed by atoms with Crippen LogP contribution in [0.4, 0.5) is 5.69 Å². The Morgan fingerprint density at radius 1 is 1.47 bits per heavy atom. The number of amides is 1. The van der Waals surface area contributed by atoms with Crippen molar-refractivity contribution in [2.45, 2.75) is 25.8 Å². The first kappa shape index (κ1) is 13.9. The fraction of sp³-hybridized carbons (Fsp3) is 0.533. The van der Waals surface area contributed by atoms with E-state index in [2.05, 4.69) is 22.6 Å². The van der Waals surface area contributed by atoms with Crippen molar-refractivity contribution in [3.8, 4) is 0 Å². The van der Waals surface area contributed by atoms with Crippen LogP contribution in [-0.4, -0.2) is 43.5 Å². The molecule has 2 rings (SSSR count). The van der Waals surface area contributed by atoms with E-state index >= 15 is 0 Å². The highest BCUT2D eigenvalue weighted by molar-refractivity contribution is 5.95. The van der Waals surface area contributed by atoms with E-state index in [0.717, 1.165) is 17.8 Å². The largest absolute Gasteiger partial charge is 0.381 e. The van der Waals surface area contributed by atoms with Crippen LogP contribution >= 0.6 is 0 Å². The SMILES string of the molecule is CCNC(=O)c1cccc(NC2CCCN(C)C2)c1. The van der Waals surface area contributed by atoms with Crippen LogP contribution in [-0.2, 0) is 0 Å². The maximum atomic E-state index is 11.8. The number of benzene rings is 1. The molecule has 1 fully saturated rings. The molecule has 0 saturated carbocycles. The number of nitrogens with one attached hydrogen (secondary N) is 2. The maximum absolute atomic E-state index is 11.8. The number of piperidine rings is 1. The number of carbonyl (C=O) groups excluding carboxylic acids is 1. The van der Waals surface area contributed by atoms with Crippen molar-refractivity contribution < 1.29 is 4.79 Å². The van der Waals surface area contributed by atoms with Gasteiger partial charge in [-0.25, -0.2) is 0 Å². The molecule has 4 nitrogen and oxygen atoms in total. The zero-order valence-electron chi connectivity index (χ0n) is 11.8. The minimum absolute atomic E-state index is 0.00749. The van der Waals surface area contributed by atoms with E-state index in [1.54, 1.807) is 0 Å². The molecule has 1 aromatic carbocycles. The Bertz CT molecular complexity index is 433. The summed E-state index contributed by atoms with van der Waals surface area (Å²) < 4.78 is 0. The molecule has 0 aliphatic carbocycles. The van der Waals surface area contributed by atoms with Crippen LogP contribution in [0, 0.1) is 0 Å². The van der Waals surface area contributed by atoms with Crippen molar-refractivity contribution in [2.75, 3.05) is 32.0 Å². The molecule has 1 aliphatic heterocycles. The van der Waals surface area contributed by atoms with Crippen molar-refractivity contribution in [2.24, 2.45) is 0 Å². The number of likely N-dealkylation sites (tertiary alicyclic amines) is 1. The summed E-state index contributed by atoms with van der Waals surface area (Å²) in [6, 6.07) is 8.21. The van der Waals surface area contributed by atoms with Gasteiger partial charge in [-0.3, -0.25) is 4.79 Å². The lowest BCUT2D eigenvalue weighted by atomic mass is 10.1. The van der Waals surface area contributed by atoms with Crippen molar-refractivity contribution >= 4 is 11.6 Å². The highest BCUT2D eigenvalue weighted by Crippen LogP contribution is 2.16. The monoisotopic (exact) mass is 261 g/mol. The molecule has 4 heteroatoms. The van der Waals surface area contributed by atoms with Crippen LogP contribution in [0.2, 0.25) is 0 Å². The second kappa shape index (κ2) is 6.57. The smallest absolute Gasteiger partial charge is 0.251 e. The summed E-state index contributed by atoms with van der Waals surface area (Å²) in [5.74, 6) is -0.00749. The van der Waals surface area contributed by atoms with Gasteiger partial charge in [0.1, 0.15) is 0 Å². The number of anilines is 1. The minimum Gasteiger partial charge on any atom is -0.381 e. The Morgan fingerprint density at radius 2 is 2.32 bits per heavy atom. The van der Waals surface area contributed by atoms with Crippen molar-refractivity contribution in [1.29, 1.82) is 0 Å². The first-order valence-electron chi connectivity index (χ1n) is 7.02. The summed E-state index contributed by atoms with van der Waals surface area (Å²) in [6.45, 7) is 4.82. The summed E-state index contributed by atoms with van der Waals surface area (Å²) >= 11 is 0. The molecule has 0 bridgehead atoms. The van der Waals surface area contributed by atoms with Crippen LogP contribution in [0.15, 0.2) is 24.3 Å². The second-order valence-corrected chi connectivity index (χ2v) is 5.19. The van der Waals surface area contributed by atoms with Gasteiger partial charge in [0, 0.05) is 30.4 Å². The van der Waals surface area contributed by atoms with Gasteiger partial charge >= 0.3 is 0 Å². The first-order chi connectivity index (χ1) is 9.19. The molecule has 19 heavy (non-hydrogen) atoms. The molecular weight excluding hydrogens is 238 g/mol. The molecule has 1 unspecified atom stereocenters. The van der Waals surface area contributed by atoms with E-state index < -0.39 is 0 Å². The molecule has 0 radical (unpaired) electrons. The van der Waals surface area contributed by atoms with E-state index in [-0.39, 0.29) is 5.91 Å². The van der Waals surface area contributed by atoms with E-state index in [4.69, 9.17) is 0 Å². The van der Waals surface area contributed by atoms with Gasteiger partial charge in [-0.1, -0.05) is 6.07 Å². The highest BCUT2D eigenvalue weighted by atomic mass is 16.1. The molecule has 1 amide bonds. The zero-order chi connectivity index (χ0) is 13.7. The normalized spacial score (nSPS) is 20.0. The molecule has 1 aliphatic rings. The lowest BCUT2D eigenvalue weighted by molar-refractivity contribution is 0.0956. The lowest BCUT2D eigenvalue weighted by Gasteiger charge is -2.31. The van der Waals surface area contributed by atoms with Crippen molar-refractivity contribution in [1.82, 2.24) is 10.2 Å². The first-order valence-corrected chi connectivity index (χ1v) is 7.02. The summed E-state index contributed by atoms with van der Waals surface area (Å²) in [7, 11) is 2.15. The minimum atomic E-state index is -0.00749. The van der Waals surface area contributed by atoms with Gasteiger partial charge in [0.25, 0.3) is 5.91 Å². The van der Waals surface area contributed by atoms with Crippen molar-refractivity contribution in [3.63, 3.8) is 0 Å². The second-order valence-electron chi connectivity index (χ2n) is 5.19. The van der Waals surface area contributed by atoms with Crippen LogP contribution in [0.3, 0.4) is 0 Å². The number of rotatable bonds is 4. The maximum Gasteiger partial charge on any atom is 0.251 e. The lowest BCUT2D eigenvalue weighted by Crippen LogP contribution is -2.39. The van der Waals surface area contributed by atoms with Crippen LogP contribution in [0.25, 0.3) is 0 Å². The predicted molar refractivity (Wildman–Crippen MR) is 78.6 cm³/mol. The van der Waals surface area contributed by atoms with Crippen LogP contribution in [0.5, 0.6) is 0 Å². The van der Waals surface area contributed by atoms with E-state index in [1.165, 1.54) is 19.4 Å². The fourth-order valence-electron chi connectivity index (χ4n) is 2.53. The Kier molecular flexibility index (Phi) is 4.80. The molecule has 0 spiro atoms. The van der Waals surface area contributed by atoms with Gasteiger partial charge in [0.05, 0.1) is 0 Å². The topological polar surface area (TPSA) is 44.4 Å². The average molecular weight is 261 g/mol. The molecule has 2 N–H and O–H groups in total. The van der Waals surface area contributed by atoms with Gasteiger partial charge in [-0.2, -0.15) is 0 Å². The Morgan fingerprint density at radius 3 is 3.05 bits per heavy atom. The van der Waals surface area contributed by atoms with Crippen LogP contribution < -0.4 is 10.6 Å². The molecule has 0 aromatic heterocycles. The van der Waals surface area contributed by atoms with Crippen molar-refractivity contribution in [3.05, 3.63) is 29.8 Å². The molecule has 1 aromatic rings. The summed E-state index contributed by atoms with van der Waals surface area (Å²) in [5.41, 5.74) is 1.75. The molecular formula is C15H23N3O. The third kappa shape index (κ3) is 3.96. The quantitative estimate of drug-likeness (QED) is 0.870. The number of nitrogens with zero attached hydrogens (tertiary/aromatic N) is 1. The molecule has 104 valence electrons. The van der Waals surface area contributed by atoms with E-state index in [0.29, 0.717) is 12.6 Å². The summed E-state index contributed by atoms with van der Waals surface area (Å²) in [4.78, 5) is 14.1. The van der Waals surface area contributed by atoms with E-state index in [1.807, 2.05) is 31.2 Å². The van der Waals surface area contributed by atoms with Gasteiger partial charge in [0.15, 0.2) is 0 Å². The van der Waals surface area contributed by atoms with Gasteiger partial charge in [0.2, 0.25) is 0 Å². The number of hydrogen-bond acceptors (Lipinski definition) is 3. The Hall–Kier alpha value is -1.55. The Labute approximate surface area is 115 Å². The van der Waals surface area contributed by atoms with E-state index in [9.17, 15) is 4.79 Å². The van der Waals surface area contributed by atoms with Gasteiger partial charge < -0.3 is 15.5 Å². The Balaban J connectivity index is 2.00. The van der Waals surface area contributed by atoms with Gasteiger partial charge in [-0.15, -0.1) is 0 Å². The standard InChI is InChI=1S/C15H23N3O/c1-3-16-15(19)12-6-4-7-13(10-12)17-14-8-5-9-18(2)11-14/h4,6-7,10,14,17H,3,5,8-9,11H2,1-2H3,(H,16,19). The molecule has 1 heterocycles. The number of likely N-dealkylation sites (N-methyl/N-ethyl adjacent to an activating group) is 1.